The highest BCUT2D eigenvalue weighted by Gasteiger charge is 2.36. The first-order valence-electron chi connectivity index (χ1n) is 9.82. The maximum Gasteiger partial charge on any atom is 0.234 e. The van der Waals surface area contributed by atoms with Crippen molar-refractivity contribution in [3.05, 3.63) is 48.5 Å². The fourth-order valence-corrected chi connectivity index (χ4v) is 7.38. The third-order valence-electron chi connectivity index (χ3n) is 5.61. The molecule has 2 heterocycles. The number of Topliss-reactive ketones (excluding diaryl/α,β-unsaturated/α-hetero) is 1. The predicted molar refractivity (Wildman–Crippen MR) is 124 cm³/mol. The Hall–Kier alpha value is -1.26. The van der Waals surface area contributed by atoms with Crippen LogP contribution in [-0.4, -0.2) is 61.3 Å². The molecule has 1 aliphatic heterocycles. The molecule has 1 aromatic carbocycles. The van der Waals surface area contributed by atoms with Crippen molar-refractivity contribution in [2.75, 3.05) is 39.8 Å². The van der Waals surface area contributed by atoms with Gasteiger partial charge in [-0.2, -0.15) is 0 Å². The van der Waals surface area contributed by atoms with Crippen LogP contribution in [0.5, 0.6) is 5.75 Å². The summed E-state index contributed by atoms with van der Waals surface area (Å²) in [5, 5.41) is 3.06. The number of piperazine rings is 1. The Morgan fingerprint density at radius 1 is 1.13 bits per heavy atom. The number of ether oxygens (including phenoxy) is 1. The molecule has 1 atom stereocenters. The minimum absolute atomic E-state index is 0.0292. The molecule has 0 bridgehead atoms. The number of hydrogen-bond acceptors (Lipinski definition) is 6. The Morgan fingerprint density at radius 2 is 1.80 bits per heavy atom. The molecule has 6 nitrogen and oxygen atoms in total. The molecule has 9 heteroatoms. The molecule has 0 spiro atoms. The Labute approximate surface area is 196 Å². The second-order valence-electron chi connectivity index (χ2n) is 7.59. The number of nitrogens with zero attached hydrogens (tertiary/aromatic N) is 2. The molecule has 160 valence electrons. The van der Waals surface area contributed by atoms with Gasteiger partial charge in [-0.15, -0.1) is 11.3 Å². The van der Waals surface area contributed by atoms with Crippen LogP contribution in [-0.2, 0) is 11.3 Å². The van der Waals surface area contributed by atoms with Crippen LogP contribution in [0.3, 0.4) is 0 Å². The van der Waals surface area contributed by atoms with Crippen LogP contribution in [0, 0.1) is 0 Å². The van der Waals surface area contributed by atoms with E-state index < -0.39 is 0 Å². The van der Waals surface area contributed by atoms with E-state index >= 15 is 0 Å². The summed E-state index contributed by atoms with van der Waals surface area (Å²) in [4.78, 5) is 29.5. The average Bonchev–Trinajstić information content (AvgIpc) is 3.21. The van der Waals surface area contributed by atoms with Gasteiger partial charge < -0.3 is 10.1 Å². The van der Waals surface area contributed by atoms with E-state index in [-0.39, 0.29) is 17.7 Å². The highest BCUT2D eigenvalue weighted by Crippen LogP contribution is 2.46. The molecular formula is C21H23Br2N3O3S. The van der Waals surface area contributed by atoms with Gasteiger partial charge in [-0.3, -0.25) is 19.4 Å². The van der Waals surface area contributed by atoms with Crippen LogP contribution < -0.4 is 10.1 Å². The summed E-state index contributed by atoms with van der Waals surface area (Å²) in [6.45, 7) is 4.82. The molecule has 1 fully saturated rings. The third kappa shape index (κ3) is 4.80. The number of carbonyl (C=O) groups is 2. The van der Waals surface area contributed by atoms with E-state index in [1.54, 1.807) is 7.11 Å². The standard InChI is InChI=1S/C21H23Br2N3O3S/c1-29-14-4-2-13(3-5-14)11-25-6-8-26(9-7-25)12-17(28)24-15-10-16(27)19-18(15)20(22)30-21(19)23/h2-5,15H,6-12H2,1H3,(H,24,28). The van der Waals surface area contributed by atoms with Crippen molar-refractivity contribution in [1.29, 1.82) is 0 Å². The molecule has 1 amide bonds. The minimum atomic E-state index is -0.242. The zero-order valence-corrected chi connectivity index (χ0v) is 20.6. The lowest BCUT2D eigenvalue weighted by Gasteiger charge is -2.34. The topological polar surface area (TPSA) is 61.9 Å². The van der Waals surface area contributed by atoms with Crippen molar-refractivity contribution < 1.29 is 14.3 Å². The summed E-state index contributed by atoms with van der Waals surface area (Å²) in [6, 6.07) is 7.92. The lowest BCUT2D eigenvalue weighted by molar-refractivity contribution is -0.123. The number of benzene rings is 1. The monoisotopic (exact) mass is 555 g/mol. The second kappa shape index (κ2) is 9.48. The molecule has 30 heavy (non-hydrogen) atoms. The minimum Gasteiger partial charge on any atom is -0.497 e. The molecule has 2 aromatic rings. The van der Waals surface area contributed by atoms with E-state index in [4.69, 9.17) is 4.74 Å². The van der Waals surface area contributed by atoms with Crippen molar-refractivity contribution in [3.63, 3.8) is 0 Å². The third-order valence-corrected chi connectivity index (χ3v) is 8.18. The van der Waals surface area contributed by atoms with Gasteiger partial charge in [-0.1, -0.05) is 12.1 Å². The number of rotatable bonds is 6. The summed E-state index contributed by atoms with van der Waals surface area (Å²) in [7, 11) is 1.67. The molecule has 1 N–H and O–H groups in total. The summed E-state index contributed by atoms with van der Waals surface area (Å²) in [5.74, 6) is 0.919. The molecule has 1 aromatic heterocycles. The normalized spacial score (nSPS) is 19.7. The SMILES string of the molecule is COc1ccc(CN2CCN(CC(=O)NC3CC(=O)c4c(Br)sc(Br)c43)CC2)cc1. The quantitative estimate of drug-likeness (QED) is 0.585. The van der Waals surface area contributed by atoms with Gasteiger partial charge in [0.25, 0.3) is 0 Å². The van der Waals surface area contributed by atoms with Gasteiger partial charge in [0.05, 0.1) is 27.3 Å². The van der Waals surface area contributed by atoms with Crippen molar-refractivity contribution in [3.8, 4) is 5.75 Å². The highest BCUT2D eigenvalue weighted by atomic mass is 79.9. The van der Waals surface area contributed by atoms with Gasteiger partial charge >= 0.3 is 0 Å². The highest BCUT2D eigenvalue weighted by molar-refractivity contribution is 9.12. The van der Waals surface area contributed by atoms with E-state index in [1.807, 2.05) is 12.1 Å². The number of nitrogens with one attached hydrogen (secondary N) is 1. The Balaban J connectivity index is 1.25. The van der Waals surface area contributed by atoms with Crippen LogP contribution >= 0.6 is 43.2 Å². The maximum atomic E-state index is 12.6. The summed E-state index contributed by atoms with van der Waals surface area (Å²) in [6.07, 6.45) is 0.330. The molecule has 1 unspecified atom stereocenters. The van der Waals surface area contributed by atoms with Gasteiger partial charge in [0.1, 0.15) is 5.75 Å². The number of ketones is 1. The van der Waals surface area contributed by atoms with E-state index in [2.05, 4.69) is 59.1 Å². The smallest absolute Gasteiger partial charge is 0.234 e. The summed E-state index contributed by atoms with van der Waals surface area (Å²) in [5.41, 5.74) is 2.88. The van der Waals surface area contributed by atoms with Crippen molar-refractivity contribution >= 4 is 54.9 Å². The number of amides is 1. The maximum absolute atomic E-state index is 12.6. The first-order chi connectivity index (χ1) is 14.4. The van der Waals surface area contributed by atoms with E-state index in [9.17, 15) is 9.59 Å². The largest absolute Gasteiger partial charge is 0.497 e. The molecule has 0 saturated carbocycles. The number of halogens is 2. The van der Waals surface area contributed by atoms with Gasteiger partial charge in [0.2, 0.25) is 5.91 Å². The average molecular weight is 557 g/mol. The number of methoxy groups -OCH3 is 1. The lowest BCUT2D eigenvalue weighted by Crippen LogP contribution is -2.49. The van der Waals surface area contributed by atoms with Crippen LogP contribution in [0.4, 0.5) is 0 Å². The van der Waals surface area contributed by atoms with Crippen molar-refractivity contribution in [1.82, 2.24) is 15.1 Å². The second-order valence-corrected chi connectivity index (χ2v) is 11.2. The van der Waals surface area contributed by atoms with Crippen LogP contribution in [0.2, 0.25) is 0 Å². The molecule has 0 radical (unpaired) electrons. The Bertz CT molecular complexity index is 940. The zero-order chi connectivity index (χ0) is 21.3. The molecule has 4 rings (SSSR count). The van der Waals surface area contributed by atoms with Crippen molar-refractivity contribution in [2.45, 2.75) is 19.0 Å². The molecule has 1 saturated heterocycles. The van der Waals surface area contributed by atoms with Crippen LogP contribution in [0.1, 0.15) is 33.9 Å². The fraction of sp³-hybridized carbons (Fsp3) is 0.429. The Kier molecular flexibility index (Phi) is 6.94. The molecule has 2 aliphatic rings. The van der Waals surface area contributed by atoms with Gasteiger partial charge in [0.15, 0.2) is 5.78 Å². The van der Waals surface area contributed by atoms with Gasteiger partial charge in [-0.25, -0.2) is 0 Å². The van der Waals surface area contributed by atoms with E-state index in [0.29, 0.717) is 18.5 Å². The van der Waals surface area contributed by atoms with Crippen LogP contribution in [0.15, 0.2) is 31.8 Å². The van der Waals surface area contributed by atoms with Crippen molar-refractivity contribution in [2.24, 2.45) is 0 Å². The summed E-state index contributed by atoms with van der Waals surface area (Å²) >= 11 is 8.47. The molecular weight excluding hydrogens is 534 g/mol. The van der Waals surface area contributed by atoms with Crippen LogP contribution in [0.25, 0.3) is 0 Å². The first kappa shape index (κ1) is 22.0. The van der Waals surface area contributed by atoms with E-state index in [1.165, 1.54) is 16.9 Å². The fourth-order valence-electron chi connectivity index (χ4n) is 4.01. The van der Waals surface area contributed by atoms with Gasteiger partial charge in [-0.05, 0) is 49.6 Å². The number of fused-ring (bicyclic) bond motifs is 1. The van der Waals surface area contributed by atoms with Gasteiger partial charge in [0, 0.05) is 50.3 Å². The zero-order valence-electron chi connectivity index (χ0n) is 16.6. The van der Waals surface area contributed by atoms with E-state index in [0.717, 1.165) is 51.6 Å². The number of thiophene rings is 1. The molecule has 1 aliphatic carbocycles. The first-order valence-corrected chi connectivity index (χ1v) is 12.2. The summed E-state index contributed by atoms with van der Waals surface area (Å²) < 4.78 is 6.95. The Morgan fingerprint density at radius 3 is 2.47 bits per heavy atom. The number of carbonyl (C=O) groups excluding carboxylic acids is 2. The predicted octanol–water partition coefficient (Wildman–Crippen LogP) is 3.84. The lowest BCUT2D eigenvalue weighted by atomic mass is 10.2. The number of hydrogen-bond donors (Lipinski definition) is 1.